The van der Waals surface area contributed by atoms with E-state index in [1.54, 1.807) is 0 Å². The van der Waals surface area contributed by atoms with Gasteiger partial charge < -0.3 is 10.2 Å². The second-order valence-electron chi connectivity index (χ2n) is 5.52. The van der Waals surface area contributed by atoms with Crippen molar-refractivity contribution in [1.29, 1.82) is 0 Å². The van der Waals surface area contributed by atoms with Crippen molar-refractivity contribution in [3.63, 3.8) is 0 Å². The molecule has 2 nitrogen and oxygen atoms in total. The van der Waals surface area contributed by atoms with E-state index in [1.165, 1.54) is 15.1 Å². The second-order valence-corrected chi connectivity index (χ2v) is 8.01. The van der Waals surface area contributed by atoms with Gasteiger partial charge in [0.1, 0.15) is 0 Å². The van der Waals surface area contributed by atoms with Crippen LogP contribution >= 0.6 is 27.3 Å². The molecule has 1 aromatic rings. The Morgan fingerprint density at radius 3 is 2.39 bits per heavy atom. The van der Waals surface area contributed by atoms with Crippen LogP contribution in [0.4, 0.5) is 0 Å². The standard InChI is InChI=1S/C14H25BrN2S/c1-10(2)8-12(17(4)5)9-16-11(3)13-6-7-14(15)18-13/h6-7,10-12,16H,8-9H2,1-5H3. The topological polar surface area (TPSA) is 15.3 Å². The summed E-state index contributed by atoms with van der Waals surface area (Å²) >= 11 is 5.33. The molecule has 0 fully saturated rings. The predicted molar refractivity (Wildman–Crippen MR) is 85.4 cm³/mol. The van der Waals surface area contributed by atoms with Crippen molar-refractivity contribution >= 4 is 27.3 Å². The van der Waals surface area contributed by atoms with E-state index in [1.807, 2.05) is 11.3 Å². The van der Waals surface area contributed by atoms with E-state index in [0.29, 0.717) is 12.1 Å². The molecule has 104 valence electrons. The van der Waals surface area contributed by atoms with Gasteiger partial charge in [0.05, 0.1) is 3.79 Å². The monoisotopic (exact) mass is 332 g/mol. The molecule has 0 aliphatic carbocycles. The van der Waals surface area contributed by atoms with Crippen molar-refractivity contribution in [2.45, 2.75) is 39.3 Å². The number of hydrogen-bond acceptors (Lipinski definition) is 3. The van der Waals surface area contributed by atoms with Gasteiger partial charge in [0.25, 0.3) is 0 Å². The highest BCUT2D eigenvalue weighted by Gasteiger charge is 2.15. The molecule has 0 amide bonds. The molecule has 0 aliphatic heterocycles. The maximum atomic E-state index is 3.65. The molecule has 0 spiro atoms. The van der Waals surface area contributed by atoms with Crippen LogP contribution in [-0.4, -0.2) is 31.6 Å². The molecule has 1 aromatic heterocycles. The number of likely N-dealkylation sites (N-methyl/N-ethyl adjacent to an activating group) is 1. The molecule has 0 radical (unpaired) electrons. The van der Waals surface area contributed by atoms with Crippen LogP contribution in [0.1, 0.15) is 38.1 Å². The van der Waals surface area contributed by atoms with E-state index in [0.717, 1.165) is 12.5 Å². The zero-order valence-electron chi connectivity index (χ0n) is 12.0. The molecule has 2 atom stereocenters. The molecular formula is C14H25BrN2S. The molecule has 1 rings (SSSR count). The Kier molecular flexibility index (Phi) is 6.85. The first kappa shape index (κ1) is 16.2. The number of nitrogens with zero attached hydrogens (tertiary/aromatic N) is 1. The fourth-order valence-electron chi connectivity index (χ4n) is 2.00. The summed E-state index contributed by atoms with van der Waals surface area (Å²) < 4.78 is 1.21. The van der Waals surface area contributed by atoms with Crippen LogP contribution in [0, 0.1) is 5.92 Å². The normalized spacial score (nSPS) is 15.3. The van der Waals surface area contributed by atoms with Crippen LogP contribution in [0.25, 0.3) is 0 Å². The zero-order chi connectivity index (χ0) is 13.7. The number of nitrogens with one attached hydrogen (secondary N) is 1. The van der Waals surface area contributed by atoms with Gasteiger partial charge in [-0.15, -0.1) is 11.3 Å². The smallest absolute Gasteiger partial charge is 0.0701 e. The van der Waals surface area contributed by atoms with Gasteiger partial charge in [-0.1, -0.05) is 13.8 Å². The minimum absolute atomic E-state index is 0.427. The summed E-state index contributed by atoms with van der Waals surface area (Å²) in [6, 6.07) is 5.35. The summed E-state index contributed by atoms with van der Waals surface area (Å²) in [5, 5.41) is 3.65. The number of halogens is 1. The summed E-state index contributed by atoms with van der Waals surface area (Å²) in [4.78, 5) is 3.72. The molecule has 0 aliphatic rings. The summed E-state index contributed by atoms with van der Waals surface area (Å²) in [6.45, 7) is 7.86. The van der Waals surface area contributed by atoms with Crippen molar-refractivity contribution in [2.24, 2.45) is 5.92 Å². The van der Waals surface area contributed by atoms with Crippen molar-refractivity contribution in [1.82, 2.24) is 10.2 Å². The lowest BCUT2D eigenvalue weighted by molar-refractivity contribution is 0.242. The van der Waals surface area contributed by atoms with Crippen molar-refractivity contribution in [2.75, 3.05) is 20.6 Å². The fraction of sp³-hybridized carbons (Fsp3) is 0.714. The first-order chi connectivity index (χ1) is 8.40. The summed E-state index contributed by atoms with van der Waals surface area (Å²) in [7, 11) is 4.34. The molecule has 0 aromatic carbocycles. The van der Waals surface area contributed by atoms with Gasteiger partial charge >= 0.3 is 0 Å². The maximum Gasteiger partial charge on any atom is 0.0701 e. The Bertz CT molecular complexity index is 349. The lowest BCUT2D eigenvalue weighted by Gasteiger charge is -2.27. The Morgan fingerprint density at radius 1 is 1.28 bits per heavy atom. The van der Waals surface area contributed by atoms with Crippen LogP contribution in [-0.2, 0) is 0 Å². The molecule has 2 unspecified atom stereocenters. The van der Waals surface area contributed by atoms with Crippen LogP contribution in [0.2, 0.25) is 0 Å². The first-order valence-electron chi connectivity index (χ1n) is 6.55. The fourth-order valence-corrected chi connectivity index (χ4v) is 3.45. The van der Waals surface area contributed by atoms with E-state index in [2.05, 4.69) is 73.1 Å². The average Bonchev–Trinajstić information content (AvgIpc) is 2.69. The third-order valence-corrected chi connectivity index (χ3v) is 4.96. The molecule has 0 saturated carbocycles. The highest BCUT2D eigenvalue weighted by Crippen LogP contribution is 2.27. The van der Waals surface area contributed by atoms with Crippen molar-refractivity contribution in [3.05, 3.63) is 20.8 Å². The van der Waals surface area contributed by atoms with E-state index < -0.39 is 0 Å². The molecule has 0 bridgehead atoms. The van der Waals surface area contributed by atoms with Crippen LogP contribution in [0.3, 0.4) is 0 Å². The van der Waals surface area contributed by atoms with Crippen LogP contribution in [0.5, 0.6) is 0 Å². The van der Waals surface area contributed by atoms with E-state index in [4.69, 9.17) is 0 Å². The largest absolute Gasteiger partial charge is 0.308 e. The molecule has 18 heavy (non-hydrogen) atoms. The maximum absolute atomic E-state index is 3.65. The van der Waals surface area contributed by atoms with E-state index >= 15 is 0 Å². The third-order valence-electron chi connectivity index (χ3n) is 3.15. The van der Waals surface area contributed by atoms with Gasteiger partial charge in [0.2, 0.25) is 0 Å². The molecule has 0 saturated heterocycles. The Hall–Kier alpha value is 0.1000. The third kappa shape index (κ3) is 5.39. The first-order valence-corrected chi connectivity index (χ1v) is 8.16. The Balaban J connectivity index is 2.46. The van der Waals surface area contributed by atoms with Crippen molar-refractivity contribution < 1.29 is 0 Å². The molecular weight excluding hydrogens is 308 g/mol. The van der Waals surface area contributed by atoms with Gasteiger partial charge in [-0.05, 0) is 61.4 Å². The lowest BCUT2D eigenvalue weighted by atomic mass is 10.0. The number of thiophene rings is 1. The van der Waals surface area contributed by atoms with Gasteiger partial charge in [0.15, 0.2) is 0 Å². The molecule has 1 N–H and O–H groups in total. The second kappa shape index (κ2) is 7.63. The van der Waals surface area contributed by atoms with Crippen molar-refractivity contribution in [3.8, 4) is 0 Å². The average molecular weight is 333 g/mol. The quantitative estimate of drug-likeness (QED) is 0.807. The van der Waals surface area contributed by atoms with E-state index in [-0.39, 0.29) is 0 Å². The molecule has 4 heteroatoms. The highest BCUT2D eigenvalue weighted by molar-refractivity contribution is 9.11. The summed E-state index contributed by atoms with van der Waals surface area (Å²) in [5.74, 6) is 0.741. The summed E-state index contributed by atoms with van der Waals surface area (Å²) in [6.07, 6.45) is 1.24. The van der Waals surface area contributed by atoms with Gasteiger partial charge in [-0.25, -0.2) is 0 Å². The van der Waals surface area contributed by atoms with Gasteiger partial charge in [-0.3, -0.25) is 0 Å². The highest BCUT2D eigenvalue weighted by atomic mass is 79.9. The van der Waals surface area contributed by atoms with E-state index in [9.17, 15) is 0 Å². The Morgan fingerprint density at radius 2 is 1.94 bits per heavy atom. The minimum atomic E-state index is 0.427. The minimum Gasteiger partial charge on any atom is -0.308 e. The molecule has 1 heterocycles. The summed E-state index contributed by atoms with van der Waals surface area (Å²) in [5.41, 5.74) is 0. The Labute approximate surface area is 124 Å². The zero-order valence-corrected chi connectivity index (χ0v) is 14.4. The predicted octanol–water partition coefficient (Wildman–Crippen LogP) is 4.14. The van der Waals surface area contributed by atoms with Gasteiger partial charge in [-0.2, -0.15) is 0 Å². The van der Waals surface area contributed by atoms with Gasteiger partial charge in [0, 0.05) is 23.5 Å². The van der Waals surface area contributed by atoms with Crippen LogP contribution in [0.15, 0.2) is 15.9 Å². The SMILES string of the molecule is CC(C)CC(CNC(C)c1ccc(Br)s1)N(C)C. The van der Waals surface area contributed by atoms with Crippen LogP contribution < -0.4 is 5.32 Å². The number of hydrogen-bond donors (Lipinski definition) is 1. The number of rotatable bonds is 7. The lowest BCUT2D eigenvalue weighted by Crippen LogP contribution is -2.39.